The molecule has 2 unspecified atom stereocenters. The average Bonchev–Trinajstić information content (AvgIpc) is 2.90. The molecule has 3 rings (SSSR count). The maximum Gasteiger partial charge on any atom is 0.262 e. The summed E-state index contributed by atoms with van der Waals surface area (Å²) in [5, 5.41) is 0. The monoisotopic (exact) mass is 247 g/mol. The molecule has 0 saturated heterocycles. The highest BCUT2D eigenvalue weighted by Crippen LogP contribution is 2.31. The van der Waals surface area contributed by atoms with Crippen LogP contribution >= 0.6 is 0 Å². The van der Waals surface area contributed by atoms with Gasteiger partial charge in [-0.3, -0.25) is 14.4 Å². The smallest absolute Gasteiger partial charge is 0.262 e. The summed E-state index contributed by atoms with van der Waals surface area (Å²) in [5.41, 5.74) is 1.81. The molecule has 2 aliphatic heterocycles. The van der Waals surface area contributed by atoms with Crippen LogP contribution in [0.5, 0.6) is 0 Å². The van der Waals surface area contributed by atoms with Crippen LogP contribution in [0.15, 0.2) is 4.99 Å². The van der Waals surface area contributed by atoms with Gasteiger partial charge in [-0.25, -0.2) is 4.98 Å². The van der Waals surface area contributed by atoms with Crippen LogP contribution < -0.4 is 4.90 Å². The van der Waals surface area contributed by atoms with Crippen LogP contribution in [0, 0.1) is 13.8 Å². The number of hydrogen-bond acceptors (Lipinski definition) is 5. The zero-order chi connectivity index (χ0) is 13.0. The van der Waals surface area contributed by atoms with Gasteiger partial charge in [0, 0.05) is 19.3 Å². The topological polar surface area (TPSA) is 53.7 Å². The van der Waals surface area contributed by atoms with E-state index >= 15 is 0 Å². The number of anilines is 1. The van der Waals surface area contributed by atoms with E-state index < -0.39 is 0 Å². The van der Waals surface area contributed by atoms with Crippen molar-refractivity contribution in [2.24, 2.45) is 4.99 Å². The molecule has 0 saturated carbocycles. The first kappa shape index (κ1) is 11.3. The quantitative estimate of drug-likeness (QED) is 0.731. The van der Waals surface area contributed by atoms with Gasteiger partial charge >= 0.3 is 0 Å². The summed E-state index contributed by atoms with van der Waals surface area (Å²) in [6, 6.07) is -0.338. The van der Waals surface area contributed by atoms with E-state index in [0.717, 1.165) is 23.9 Å². The van der Waals surface area contributed by atoms with Gasteiger partial charge in [0.15, 0.2) is 6.04 Å². The largest absolute Gasteiger partial charge is 0.340 e. The Balaban J connectivity index is 2.14. The van der Waals surface area contributed by atoms with Gasteiger partial charge in [-0.15, -0.1) is 0 Å². The Morgan fingerprint density at radius 1 is 1.39 bits per heavy atom. The lowest BCUT2D eigenvalue weighted by molar-refractivity contribution is 0.0828. The van der Waals surface area contributed by atoms with Gasteiger partial charge in [-0.2, -0.15) is 0 Å². The first-order chi connectivity index (χ1) is 8.56. The first-order valence-electron chi connectivity index (χ1n) is 6.18. The van der Waals surface area contributed by atoms with E-state index in [2.05, 4.69) is 21.8 Å². The lowest BCUT2D eigenvalue weighted by Gasteiger charge is -2.38. The maximum atomic E-state index is 12.5. The lowest BCUT2D eigenvalue weighted by atomic mass is 10.1. The second-order valence-electron chi connectivity index (χ2n) is 4.82. The van der Waals surface area contributed by atoms with Gasteiger partial charge < -0.3 is 9.80 Å². The molecule has 2 atom stereocenters. The second kappa shape index (κ2) is 3.57. The SMILES string of the molecule is CCN1C=NC2C(=O)n3c(nc(C)c3C)N(C)C21. The fourth-order valence-corrected chi connectivity index (χ4v) is 2.72. The summed E-state index contributed by atoms with van der Waals surface area (Å²) in [6.07, 6.45) is 1.74. The summed E-state index contributed by atoms with van der Waals surface area (Å²) in [5.74, 6) is 0.749. The zero-order valence-corrected chi connectivity index (χ0v) is 11.1. The van der Waals surface area contributed by atoms with Gasteiger partial charge in [-0.05, 0) is 20.8 Å². The molecular weight excluding hydrogens is 230 g/mol. The summed E-state index contributed by atoms with van der Waals surface area (Å²) < 4.78 is 1.69. The Kier molecular flexibility index (Phi) is 2.23. The van der Waals surface area contributed by atoms with E-state index in [1.54, 1.807) is 10.9 Å². The maximum absolute atomic E-state index is 12.5. The molecule has 1 aromatic rings. The molecule has 6 heteroatoms. The number of aromatic nitrogens is 2. The number of fused-ring (bicyclic) bond motifs is 2. The van der Waals surface area contributed by atoms with Gasteiger partial charge in [0.1, 0.15) is 6.17 Å². The van der Waals surface area contributed by atoms with Crippen LogP contribution in [0.1, 0.15) is 23.1 Å². The van der Waals surface area contributed by atoms with E-state index in [9.17, 15) is 4.79 Å². The fourth-order valence-electron chi connectivity index (χ4n) is 2.72. The van der Waals surface area contributed by atoms with Crippen LogP contribution in [0.3, 0.4) is 0 Å². The molecule has 0 bridgehead atoms. The highest BCUT2D eigenvalue weighted by atomic mass is 16.2. The van der Waals surface area contributed by atoms with Crippen molar-refractivity contribution < 1.29 is 4.79 Å². The number of aryl methyl sites for hydroxylation is 1. The fraction of sp³-hybridized carbons (Fsp3) is 0.583. The van der Waals surface area contributed by atoms with Gasteiger partial charge in [-0.1, -0.05) is 0 Å². The summed E-state index contributed by atoms with van der Waals surface area (Å²) in [7, 11) is 1.97. The minimum atomic E-state index is -0.338. The second-order valence-corrected chi connectivity index (χ2v) is 4.82. The molecule has 0 N–H and O–H groups in total. The van der Waals surface area contributed by atoms with Crippen LogP contribution in [0.4, 0.5) is 5.95 Å². The van der Waals surface area contributed by atoms with Gasteiger partial charge in [0.25, 0.3) is 5.91 Å². The van der Waals surface area contributed by atoms with Crippen molar-refractivity contribution in [3.05, 3.63) is 11.4 Å². The average molecular weight is 247 g/mol. The van der Waals surface area contributed by atoms with E-state index in [1.807, 2.05) is 25.8 Å². The molecule has 0 aromatic carbocycles. The lowest BCUT2D eigenvalue weighted by Crippen LogP contribution is -2.56. The Morgan fingerprint density at radius 3 is 2.78 bits per heavy atom. The van der Waals surface area contributed by atoms with Crippen molar-refractivity contribution in [1.82, 2.24) is 14.5 Å². The predicted molar refractivity (Wildman–Crippen MR) is 69.2 cm³/mol. The number of imidazole rings is 1. The van der Waals surface area contributed by atoms with Crippen LogP contribution in [-0.2, 0) is 0 Å². The third-order valence-corrected chi connectivity index (χ3v) is 3.88. The molecule has 2 aliphatic rings. The van der Waals surface area contributed by atoms with Gasteiger partial charge in [0.2, 0.25) is 5.95 Å². The number of hydrogen-bond donors (Lipinski definition) is 0. The van der Waals surface area contributed by atoms with E-state index in [4.69, 9.17) is 0 Å². The molecule has 96 valence electrons. The standard InChI is InChI=1S/C12H17N5O/c1-5-16-6-13-9-10(16)15(4)12-14-7(2)8(3)17(12)11(9)18/h6,9-10H,5H2,1-4H3. The Hall–Kier alpha value is -1.85. The molecule has 6 nitrogen and oxygen atoms in total. The third-order valence-electron chi connectivity index (χ3n) is 3.88. The van der Waals surface area contributed by atoms with E-state index in [1.165, 1.54) is 0 Å². The molecule has 0 aliphatic carbocycles. The number of carbonyl (C=O) groups is 1. The van der Waals surface area contributed by atoms with Crippen molar-refractivity contribution in [1.29, 1.82) is 0 Å². The molecule has 1 aromatic heterocycles. The summed E-state index contributed by atoms with van der Waals surface area (Å²) in [6.45, 7) is 6.75. The van der Waals surface area contributed by atoms with E-state index in [0.29, 0.717) is 0 Å². The highest BCUT2D eigenvalue weighted by Gasteiger charge is 2.45. The molecule has 0 fully saturated rings. The Labute approximate surface area is 106 Å². The molecule has 3 heterocycles. The zero-order valence-electron chi connectivity index (χ0n) is 11.1. The Bertz CT molecular complexity index is 547. The number of carbonyl (C=O) groups excluding carboxylic acids is 1. The predicted octanol–water partition coefficient (Wildman–Crippen LogP) is 0.648. The highest BCUT2D eigenvalue weighted by molar-refractivity contribution is 5.93. The van der Waals surface area contributed by atoms with Crippen molar-refractivity contribution in [3.8, 4) is 0 Å². The van der Waals surface area contributed by atoms with Crippen LogP contribution in [-0.4, -0.2) is 52.5 Å². The molecule has 0 radical (unpaired) electrons. The number of nitrogens with zero attached hydrogens (tertiary/aromatic N) is 5. The van der Waals surface area contributed by atoms with Crippen molar-refractivity contribution in [2.75, 3.05) is 18.5 Å². The van der Waals surface area contributed by atoms with Crippen molar-refractivity contribution in [3.63, 3.8) is 0 Å². The molecular formula is C12H17N5O. The minimum absolute atomic E-state index is 0.0263. The first-order valence-corrected chi connectivity index (χ1v) is 6.18. The summed E-state index contributed by atoms with van der Waals surface area (Å²) >= 11 is 0. The molecule has 0 spiro atoms. The summed E-state index contributed by atoms with van der Waals surface area (Å²) in [4.78, 5) is 25.5. The third kappa shape index (κ3) is 1.20. The minimum Gasteiger partial charge on any atom is -0.340 e. The van der Waals surface area contributed by atoms with E-state index in [-0.39, 0.29) is 18.1 Å². The van der Waals surface area contributed by atoms with Crippen LogP contribution in [0.25, 0.3) is 0 Å². The number of likely N-dealkylation sites (N-methyl/N-ethyl adjacent to an activating group) is 2. The van der Waals surface area contributed by atoms with Crippen LogP contribution in [0.2, 0.25) is 0 Å². The molecule has 18 heavy (non-hydrogen) atoms. The van der Waals surface area contributed by atoms with Crippen molar-refractivity contribution >= 4 is 18.2 Å². The van der Waals surface area contributed by atoms with Gasteiger partial charge in [0.05, 0.1) is 12.0 Å². The number of rotatable bonds is 1. The normalized spacial score (nSPS) is 25.7. The van der Waals surface area contributed by atoms with Crippen molar-refractivity contribution in [2.45, 2.75) is 33.0 Å². The number of aliphatic imine (C=N–C) groups is 1. The molecule has 0 amide bonds. The Morgan fingerprint density at radius 2 is 2.11 bits per heavy atom.